The summed E-state index contributed by atoms with van der Waals surface area (Å²) >= 11 is 0. The molecule has 0 heterocycles. The first-order valence-corrected chi connectivity index (χ1v) is 4.72. The van der Waals surface area contributed by atoms with Gasteiger partial charge in [-0.05, 0) is 6.42 Å². The molecule has 14 heavy (non-hydrogen) atoms. The van der Waals surface area contributed by atoms with Crippen molar-refractivity contribution in [1.29, 1.82) is 0 Å². The van der Waals surface area contributed by atoms with Crippen molar-refractivity contribution in [2.24, 2.45) is 0 Å². The van der Waals surface area contributed by atoms with Crippen molar-refractivity contribution in [2.75, 3.05) is 0 Å². The van der Waals surface area contributed by atoms with Gasteiger partial charge in [0.15, 0.2) is 0 Å². The van der Waals surface area contributed by atoms with E-state index in [9.17, 15) is 0 Å². The Labute approximate surface area is 107 Å². The van der Waals surface area contributed by atoms with Gasteiger partial charge in [-0.15, -0.1) is 19.4 Å². The topological polar surface area (TPSA) is 0 Å². The maximum Gasteiger partial charge on any atom is 0 e. The smallest absolute Gasteiger partial charge is 0 e. The van der Waals surface area contributed by atoms with E-state index in [2.05, 4.69) is 45.1 Å². The minimum Gasteiger partial charge on any atom is -0.275 e. The van der Waals surface area contributed by atoms with E-state index in [0.29, 0.717) is 0 Å². The van der Waals surface area contributed by atoms with Crippen molar-refractivity contribution in [2.45, 2.75) is 34.1 Å². The maximum absolute atomic E-state index is 3.18. The van der Waals surface area contributed by atoms with Gasteiger partial charge in [-0.25, -0.2) is 5.57 Å². The van der Waals surface area contributed by atoms with Gasteiger partial charge in [-0.2, -0.15) is 5.57 Å². The van der Waals surface area contributed by atoms with E-state index in [0.717, 1.165) is 6.42 Å². The van der Waals surface area contributed by atoms with E-state index >= 15 is 0 Å². The van der Waals surface area contributed by atoms with E-state index in [1.54, 1.807) is 0 Å². The van der Waals surface area contributed by atoms with Crippen LogP contribution in [0.5, 0.6) is 0 Å². The monoisotopic (exact) mass is 263 g/mol. The van der Waals surface area contributed by atoms with Crippen LogP contribution in [0, 0.1) is 6.08 Å². The minimum absolute atomic E-state index is 0. The zero-order valence-corrected chi connectivity index (χ0v) is 11.9. The summed E-state index contributed by atoms with van der Waals surface area (Å²) in [6.45, 7) is 8.44. The molecular formula is C13H17Zr-. The van der Waals surface area contributed by atoms with E-state index in [1.165, 1.54) is 22.3 Å². The molecule has 0 aromatic heterocycles. The fourth-order valence-corrected chi connectivity index (χ4v) is 1.43. The number of hydrogen-bond donors (Lipinski definition) is 0. The molecule has 1 heteroatoms. The molecule has 0 nitrogen and oxygen atoms in total. The zero-order valence-electron chi connectivity index (χ0n) is 9.44. The van der Waals surface area contributed by atoms with Gasteiger partial charge in [-0.3, -0.25) is 6.08 Å². The Kier molecular flexibility index (Phi) is 6.28. The molecular weight excluding hydrogens is 247 g/mol. The summed E-state index contributed by atoms with van der Waals surface area (Å²) in [5.41, 5.74) is 5.45. The molecule has 0 unspecified atom stereocenters. The maximum atomic E-state index is 3.18. The predicted octanol–water partition coefficient (Wildman–Crippen LogP) is 3.98. The van der Waals surface area contributed by atoms with Crippen molar-refractivity contribution < 1.29 is 26.2 Å². The molecule has 0 bridgehead atoms. The van der Waals surface area contributed by atoms with Gasteiger partial charge < -0.3 is 0 Å². The van der Waals surface area contributed by atoms with Crippen LogP contribution >= 0.6 is 0 Å². The van der Waals surface area contributed by atoms with Crippen LogP contribution in [0.3, 0.4) is 0 Å². The number of allylic oxidation sites excluding steroid dienone is 8. The molecule has 0 atom stereocenters. The Morgan fingerprint density at radius 2 is 1.93 bits per heavy atom. The second kappa shape index (κ2) is 6.35. The quantitative estimate of drug-likeness (QED) is 0.523. The third kappa shape index (κ3) is 3.21. The molecule has 1 aliphatic rings. The summed E-state index contributed by atoms with van der Waals surface area (Å²) in [5.74, 6) is 0. The second-order valence-electron chi connectivity index (χ2n) is 3.45. The van der Waals surface area contributed by atoms with Crippen LogP contribution in [0.1, 0.15) is 34.1 Å². The Morgan fingerprint density at radius 1 is 1.29 bits per heavy atom. The normalized spacial score (nSPS) is 17.4. The Hall–Kier alpha value is -0.157. The molecule has 0 amide bonds. The summed E-state index contributed by atoms with van der Waals surface area (Å²) in [7, 11) is 0. The third-order valence-corrected chi connectivity index (χ3v) is 2.75. The summed E-state index contributed by atoms with van der Waals surface area (Å²) in [6.07, 6.45) is 10.8. The zero-order chi connectivity index (χ0) is 9.84. The third-order valence-electron chi connectivity index (χ3n) is 2.75. The van der Waals surface area contributed by atoms with Gasteiger partial charge in [0.25, 0.3) is 0 Å². The Balaban J connectivity index is 0.00000169. The van der Waals surface area contributed by atoms with Gasteiger partial charge in [0, 0.05) is 26.2 Å². The summed E-state index contributed by atoms with van der Waals surface area (Å²) in [6, 6.07) is 0. The first-order chi connectivity index (χ1) is 6.16. The minimum atomic E-state index is 0. The van der Waals surface area contributed by atoms with E-state index in [-0.39, 0.29) is 26.2 Å². The van der Waals surface area contributed by atoms with Crippen LogP contribution in [-0.2, 0) is 26.2 Å². The summed E-state index contributed by atoms with van der Waals surface area (Å²) in [5, 5.41) is 0. The fourth-order valence-electron chi connectivity index (χ4n) is 1.43. The first kappa shape index (κ1) is 13.8. The standard InChI is InChI=1S/C13H17.Zr/c1-5-10(2)11(3)12(4)13-8-6-7-9-13;/h6-8H,9H2,1-4H3;/q-1;. The summed E-state index contributed by atoms with van der Waals surface area (Å²) < 4.78 is 0. The van der Waals surface area contributed by atoms with Gasteiger partial charge in [0.1, 0.15) is 0 Å². The van der Waals surface area contributed by atoms with Crippen molar-refractivity contribution in [3.63, 3.8) is 0 Å². The van der Waals surface area contributed by atoms with Gasteiger partial charge in [0.2, 0.25) is 0 Å². The van der Waals surface area contributed by atoms with Crippen LogP contribution < -0.4 is 0 Å². The molecule has 0 fully saturated rings. The molecule has 1 rings (SSSR count). The molecule has 0 aromatic carbocycles. The molecule has 0 aromatic rings. The molecule has 0 aliphatic heterocycles. The van der Waals surface area contributed by atoms with Crippen LogP contribution in [0.4, 0.5) is 0 Å². The second-order valence-corrected chi connectivity index (χ2v) is 3.45. The van der Waals surface area contributed by atoms with E-state index in [1.807, 2.05) is 6.92 Å². The molecule has 74 valence electrons. The van der Waals surface area contributed by atoms with Gasteiger partial charge >= 0.3 is 0 Å². The molecule has 1 aliphatic carbocycles. The molecule has 0 N–H and O–H groups in total. The van der Waals surface area contributed by atoms with Crippen molar-refractivity contribution in [1.82, 2.24) is 0 Å². The number of rotatable bonds is 2. The van der Waals surface area contributed by atoms with Gasteiger partial charge in [0.05, 0.1) is 0 Å². The van der Waals surface area contributed by atoms with E-state index in [4.69, 9.17) is 0 Å². The molecule has 0 spiro atoms. The van der Waals surface area contributed by atoms with Gasteiger partial charge in [-0.1, -0.05) is 37.6 Å². The average molecular weight is 265 g/mol. The largest absolute Gasteiger partial charge is 0.275 e. The predicted molar refractivity (Wildman–Crippen MR) is 58.3 cm³/mol. The Bertz CT molecular complexity index is 314. The van der Waals surface area contributed by atoms with Crippen LogP contribution in [-0.4, -0.2) is 0 Å². The number of hydrogen-bond acceptors (Lipinski definition) is 0. The molecule has 0 radical (unpaired) electrons. The van der Waals surface area contributed by atoms with E-state index < -0.39 is 0 Å². The van der Waals surface area contributed by atoms with Crippen molar-refractivity contribution in [3.8, 4) is 0 Å². The molecule has 0 saturated carbocycles. The van der Waals surface area contributed by atoms with Crippen LogP contribution in [0.25, 0.3) is 0 Å². The Morgan fingerprint density at radius 3 is 2.36 bits per heavy atom. The first-order valence-electron chi connectivity index (χ1n) is 4.72. The van der Waals surface area contributed by atoms with Crippen molar-refractivity contribution >= 4 is 0 Å². The fraction of sp³-hybridized carbons (Fsp3) is 0.385. The van der Waals surface area contributed by atoms with Crippen molar-refractivity contribution in [3.05, 3.63) is 46.6 Å². The molecule has 0 saturated heterocycles. The van der Waals surface area contributed by atoms with Crippen LogP contribution in [0.2, 0.25) is 0 Å². The van der Waals surface area contributed by atoms with Crippen LogP contribution in [0.15, 0.2) is 40.5 Å². The summed E-state index contributed by atoms with van der Waals surface area (Å²) in [4.78, 5) is 0. The SMILES string of the molecule is C[C-]=C(C)C(C)=C(C)C1=CC=CC1.[Zr]. The average Bonchev–Trinajstić information content (AvgIpc) is 2.67.